The van der Waals surface area contributed by atoms with E-state index in [9.17, 15) is 4.79 Å². The molecule has 6 nitrogen and oxygen atoms in total. The molecule has 0 aliphatic heterocycles. The maximum absolute atomic E-state index is 12.9. The molecule has 3 aromatic rings. The normalized spacial score (nSPS) is 11.1. The zero-order valence-electron chi connectivity index (χ0n) is 18.2. The fraction of sp³-hybridized carbons (Fsp3) is 0.348. The molecule has 7 heteroatoms. The first-order valence-corrected chi connectivity index (χ1v) is 10.9. The molecule has 30 heavy (non-hydrogen) atoms. The van der Waals surface area contributed by atoms with Crippen molar-refractivity contribution in [3.05, 3.63) is 59.9 Å². The highest BCUT2D eigenvalue weighted by Gasteiger charge is 2.20. The lowest BCUT2D eigenvalue weighted by Gasteiger charge is -2.13. The van der Waals surface area contributed by atoms with Crippen LogP contribution < -0.4 is 4.74 Å². The Bertz CT molecular complexity index is 1070. The molecule has 0 bridgehead atoms. The molecule has 0 amide bonds. The molecule has 3 rings (SSSR count). The van der Waals surface area contributed by atoms with E-state index in [2.05, 4.69) is 35.2 Å². The van der Waals surface area contributed by atoms with Crippen LogP contribution in [0.1, 0.15) is 41.6 Å². The van der Waals surface area contributed by atoms with Gasteiger partial charge in [-0.1, -0.05) is 30.0 Å². The van der Waals surface area contributed by atoms with Crippen LogP contribution in [0.4, 0.5) is 0 Å². The maximum Gasteiger partial charge on any atom is 0.192 e. The molecule has 0 saturated heterocycles. The Morgan fingerprint density at radius 3 is 2.63 bits per heavy atom. The highest BCUT2D eigenvalue weighted by atomic mass is 32.2. The SMILES string of the molecule is C=CCn1c(SCC(=O)c2cc(C)n(C(C)C)c2C)nnc1-c1ccccc1OC. The molecule has 0 atom stereocenters. The average Bonchev–Trinajstić information content (AvgIpc) is 3.26. The molecule has 0 unspecified atom stereocenters. The summed E-state index contributed by atoms with van der Waals surface area (Å²) in [5, 5.41) is 9.40. The molecule has 2 aromatic heterocycles. The Morgan fingerprint density at radius 1 is 1.27 bits per heavy atom. The van der Waals surface area contributed by atoms with Gasteiger partial charge >= 0.3 is 0 Å². The third-order valence-corrected chi connectivity index (χ3v) is 5.98. The molecule has 0 saturated carbocycles. The number of allylic oxidation sites excluding steroid dienone is 1. The highest BCUT2D eigenvalue weighted by molar-refractivity contribution is 7.99. The van der Waals surface area contributed by atoms with Crippen molar-refractivity contribution in [2.24, 2.45) is 0 Å². The standard InChI is InChI=1S/C23H28N4O2S/c1-7-12-26-22(18-10-8-9-11-21(18)29-6)24-25-23(26)30-14-20(28)19-13-16(4)27(15(2)3)17(19)5/h7-11,13,15H,1,12,14H2,2-6H3. The molecule has 2 heterocycles. The number of hydrogen-bond donors (Lipinski definition) is 0. The quantitative estimate of drug-likeness (QED) is 0.271. The first-order valence-electron chi connectivity index (χ1n) is 9.90. The van der Waals surface area contributed by atoms with E-state index in [4.69, 9.17) is 4.74 Å². The number of ketones is 1. The first-order chi connectivity index (χ1) is 14.4. The fourth-order valence-electron chi connectivity index (χ4n) is 3.78. The number of aryl methyl sites for hydroxylation is 1. The number of para-hydroxylation sites is 1. The second-order valence-electron chi connectivity index (χ2n) is 7.37. The third kappa shape index (κ3) is 4.21. The smallest absolute Gasteiger partial charge is 0.192 e. The van der Waals surface area contributed by atoms with Crippen molar-refractivity contribution in [2.45, 2.75) is 45.4 Å². The minimum Gasteiger partial charge on any atom is -0.496 e. The predicted octanol–water partition coefficient (Wildman–Crippen LogP) is 5.11. The summed E-state index contributed by atoms with van der Waals surface area (Å²) in [4.78, 5) is 12.9. The molecule has 0 N–H and O–H groups in total. The number of nitrogens with zero attached hydrogens (tertiary/aromatic N) is 4. The average molecular weight is 425 g/mol. The molecule has 1 aromatic carbocycles. The summed E-state index contributed by atoms with van der Waals surface area (Å²) >= 11 is 1.39. The van der Waals surface area contributed by atoms with E-state index in [1.54, 1.807) is 13.2 Å². The number of Topliss-reactive ketones (excluding diaryl/α,β-unsaturated/α-hetero) is 1. The second-order valence-corrected chi connectivity index (χ2v) is 8.31. The van der Waals surface area contributed by atoms with E-state index in [-0.39, 0.29) is 5.78 Å². The first kappa shape index (κ1) is 21.9. The molecular weight excluding hydrogens is 396 g/mol. The number of methoxy groups -OCH3 is 1. The van der Waals surface area contributed by atoms with E-state index in [1.807, 2.05) is 48.7 Å². The van der Waals surface area contributed by atoms with Crippen LogP contribution in [0.5, 0.6) is 5.75 Å². The number of ether oxygens (including phenoxy) is 1. The van der Waals surface area contributed by atoms with E-state index >= 15 is 0 Å². The van der Waals surface area contributed by atoms with Gasteiger partial charge in [-0.05, 0) is 45.9 Å². The van der Waals surface area contributed by atoms with Crippen LogP contribution in [-0.4, -0.2) is 38.0 Å². The molecule has 0 spiro atoms. The summed E-state index contributed by atoms with van der Waals surface area (Å²) in [6.07, 6.45) is 1.80. The highest BCUT2D eigenvalue weighted by Crippen LogP contribution is 2.31. The minimum absolute atomic E-state index is 0.0898. The number of carbonyl (C=O) groups is 1. The topological polar surface area (TPSA) is 61.9 Å². The van der Waals surface area contributed by atoms with E-state index in [0.29, 0.717) is 29.3 Å². The van der Waals surface area contributed by atoms with Crippen molar-refractivity contribution < 1.29 is 9.53 Å². The Balaban J connectivity index is 1.86. The summed E-state index contributed by atoms with van der Waals surface area (Å²) in [6.45, 7) is 12.7. The van der Waals surface area contributed by atoms with E-state index in [1.165, 1.54) is 11.8 Å². The van der Waals surface area contributed by atoms with Gasteiger partial charge in [-0.2, -0.15) is 0 Å². The lowest BCUT2D eigenvalue weighted by molar-refractivity contribution is 0.102. The lowest BCUT2D eigenvalue weighted by atomic mass is 10.2. The van der Waals surface area contributed by atoms with Gasteiger partial charge in [0.05, 0.1) is 18.4 Å². The monoisotopic (exact) mass is 424 g/mol. The number of benzene rings is 1. The maximum atomic E-state index is 12.9. The summed E-state index contributed by atoms with van der Waals surface area (Å²) in [5.41, 5.74) is 3.74. The molecule has 0 aliphatic carbocycles. The predicted molar refractivity (Wildman–Crippen MR) is 122 cm³/mol. The third-order valence-electron chi connectivity index (χ3n) is 5.01. The summed E-state index contributed by atoms with van der Waals surface area (Å²) in [5.74, 6) is 1.81. The van der Waals surface area contributed by atoms with Gasteiger partial charge in [0.1, 0.15) is 5.75 Å². The summed E-state index contributed by atoms with van der Waals surface area (Å²) in [7, 11) is 1.63. The zero-order valence-corrected chi connectivity index (χ0v) is 19.0. The zero-order chi connectivity index (χ0) is 21.8. The van der Waals surface area contributed by atoms with Gasteiger partial charge < -0.3 is 9.30 Å². The number of aromatic nitrogens is 4. The molecule has 0 fully saturated rings. The fourth-order valence-corrected chi connectivity index (χ4v) is 4.61. The second kappa shape index (κ2) is 9.34. The van der Waals surface area contributed by atoms with E-state index < -0.39 is 0 Å². The van der Waals surface area contributed by atoms with E-state index in [0.717, 1.165) is 28.3 Å². The van der Waals surface area contributed by atoms with Crippen molar-refractivity contribution in [3.8, 4) is 17.1 Å². The van der Waals surface area contributed by atoms with Crippen molar-refractivity contribution in [2.75, 3.05) is 12.9 Å². The molecule has 158 valence electrons. The Kier molecular flexibility index (Phi) is 6.82. The van der Waals surface area contributed by atoms with Gasteiger partial charge in [0.25, 0.3) is 0 Å². The van der Waals surface area contributed by atoms with Crippen LogP contribution in [0.15, 0.2) is 48.1 Å². The number of rotatable bonds is 9. The Morgan fingerprint density at radius 2 is 2.00 bits per heavy atom. The van der Waals surface area contributed by atoms with Gasteiger partial charge in [0, 0.05) is 29.5 Å². The van der Waals surface area contributed by atoms with Crippen LogP contribution in [0.2, 0.25) is 0 Å². The van der Waals surface area contributed by atoms with Crippen LogP contribution in [-0.2, 0) is 6.54 Å². The van der Waals surface area contributed by atoms with Gasteiger partial charge in [-0.15, -0.1) is 16.8 Å². The number of thioether (sulfide) groups is 1. The van der Waals surface area contributed by atoms with Crippen LogP contribution in [0.3, 0.4) is 0 Å². The Hall–Kier alpha value is -2.80. The Labute approximate surface area is 182 Å². The molecule has 0 radical (unpaired) electrons. The van der Waals surface area contributed by atoms with Crippen LogP contribution in [0, 0.1) is 13.8 Å². The molecular formula is C23H28N4O2S. The number of carbonyl (C=O) groups excluding carboxylic acids is 1. The summed E-state index contributed by atoms with van der Waals surface area (Å²) in [6, 6.07) is 9.99. The van der Waals surface area contributed by atoms with Gasteiger partial charge in [0.2, 0.25) is 0 Å². The van der Waals surface area contributed by atoms with Crippen molar-refractivity contribution in [3.63, 3.8) is 0 Å². The lowest BCUT2D eigenvalue weighted by Crippen LogP contribution is -2.09. The van der Waals surface area contributed by atoms with Crippen LogP contribution >= 0.6 is 11.8 Å². The largest absolute Gasteiger partial charge is 0.496 e. The van der Waals surface area contributed by atoms with Gasteiger partial charge in [-0.25, -0.2) is 0 Å². The summed E-state index contributed by atoms with van der Waals surface area (Å²) < 4.78 is 9.62. The number of hydrogen-bond acceptors (Lipinski definition) is 5. The molecule has 0 aliphatic rings. The van der Waals surface area contributed by atoms with Crippen LogP contribution in [0.25, 0.3) is 11.4 Å². The van der Waals surface area contributed by atoms with Crippen molar-refractivity contribution in [1.82, 2.24) is 19.3 Å². The van der Waals surface area contributed by atoms with Gasteiger partial charge in [0.15, 0.2) is 16.8 Å². The van der Waals surface area contributed by atoms with Crippen molar-refractivity contribution in [1.29, 1.82) is 0 Å². The minimum atomic E-state index is 0.0898. The van der Waals surface area contributed by atoms with Gasteiger partial charge in [-0.3, -0.25) is 9.36 Å². The van der Waals surface area contributed by atoms with Crippen molar-refractivity contribution >= 4 is 17.5 Å².